The molecule has 3 aromatic rings. The molecule has 5 nitrogen and oxygen atoms in total. The number of carbonyl (C=O) groups is 1. The van der Waals surface area contributed by atoms with Gasteiger partial charge in [-0.2, -0.15) is 13.2 Å². The number of halogens is 3. The van der Waals surface area contributed by atoms with Crippen molar-refractivity contribution >= 4 is 16.9 Å². The second kappa shape index (κ2) is 7.71. The molecule has 0 fully saturated rings. The second-order valence-corrected chi connectivity index (χ2v) is 6.23. The summed E-state index contributed by atoms with van der Waals surface area (Å²) in [5, 5.41) is 11.4. The van der Waals surface area contributed by atoms with Crippen molar-refractivity contribution < 1.29 is 32.5 Å². The maximum Gasteiger partial charge on any atom is 0.432 e. The average molecular weight is 405 g/mol. The minimum atomic E-state index is -5.34. The number of methoxy groups -OCH3 is 1. The highest BCUT2D eigenvalue weighted by molar-refractivity contribution is 5.87. The van der Waals surface area contributed by atoms with Crippen molar-refractivity contribution in [3.63, 3.8) is 0 Å². The van der Waals surface area contributed by atoms with Gasteiger partial charge in [0.25, 0.3) is 5.60 Å². The molecule has 3 rings (SSSR count). The van der Waals surface area contributed by atoms with Crippen molar-refractivity contribution in [2.45, 2.75) is 18.7 Å². The van der Waals surface area contributed by atoms with Crippen LogP contribution in [0.1, 0.15) is 12.5 Å². The zero-order valence-electron chi connectivity index (χ0n) is 15.7. The highest BCUT2D eigenvalue weighted by Crippen LogP contribution is 2.45. The van der Waals surface area contributed by atoms with Crippen molar-refractivity contribution in [1.82, 2.24) is 4.98 Å². The summed E-state index contributed by atoms with van der Waals surface area (Å²) < 4.78 is 51.4. The molecule has 1 heterocycles. The number of rotatable bonds is 5. The first-order chi connectivity index (χ1) is 13.7. The lowest BCUT2D eigenvalue weighted by Gasteiger charge is -2.30. The zero-order chi connectivity index (χ0) is 21.2. The third-order valence-electron chi connectivity index (χ3n) is 4.47. The van der Waals surface area contributed by atoms with E-state index in [1.165, 1.54) is 32.2 Å². The molecule has 0 aliphatic rings. The summed E-state index contributed by atoms with van der Waals surface area (Å²) in [5.41, 5.74) is -3.96. The van der Waals surface area contributed by atoms with Crippen LogP contribution < -0.4 is 4.74 Å². The van der Waals surface area contributed by atoms with E-state index >= 15 is 0 Å². The van der Waals surface area contributed by atoms with Crippen molar-refractivity contribution in [1.29, 1.82) is 0 Å². The first kappa shape index (κ1) is 20.6. The molecular weight excluding hydrogens is 387 g/mol. The lowest BCUT2D eigenvalue weighted by molar-refractivity contribution is -0.267. The molecular formula is C21H18F3NO4. The van der Waals surface area contributed by atoms with Crippen LogP contribution >= 0.6 is 0 Å². The van der Waals surface area contributed by atoms with Gasteiger partial charge in [-0.05, 0) is 37.3 Å². The van der Waals surface area contributed by atoms with Gasteiger partial charge in [-0.25, -0.2) is 9.78 Å². The van der Waals surface area contributed by atoms with Gasteiger partial charge in [0.15, 0.2) is 0 Å². The van der Waals surface area contributed by atoms with Crippen LogP contribution in [0.2, 0.25) is 0 Å². The maximum atomic E-state index is 13.9. The lowest BCUT2D eigenvalue weighted by atomic mass is 9.87. The smallest absolute Gasteiger partial charge is 0.432 e. The second-order valence-electron chi connectivity index (χ2n) is 6.23. The van der Waals surface area contributed by atoms with E-state index in [1.807, 2.05) is 12.1 Å². The van der Waals surface area contributed by atoms with Gasteiger partial charge >= 0.3 is 12.1 Å². The van der Waals surface area contributed by atoms with E-state index in [-0.39, 0.29) is 23.6 Å². The van der Waals surface area contributed by atoms with Crippen LogP contribution in [0.5, 0.6) is 5.75 Å². The summed E-state index contributed by atoms with van der Waals surface area (Å²) in [4.78, 5) is 16.6. The molecule has 0 aliphatic carbocycles. The van der Waals surface area contributed by atoms with E-state index in [2.05, 4.69) is 9.72 Å². The molecule has 0 saturated carbocycles. The van der Waals surface area contributed by atoms with Crippen LogP contribution in [-0.4, -0.2) is 36.0 Å². The molecule has 0 amide bonds. The van der Waals surface area contributed by atoms with Gasteiger partial charge in [0, 0.05) is 16.5 Å². The number of para-hydroxylation sites is 1. The van der Waals surface area contributed by atoms with E-state index in [9.17, 15) is 23.1 Å². The molecule has 1 N–H and O–H groups in total. The first-order valence-corrected chi connectivity index (χ1v) is 8.73. The largest absolute Gasteiger partial charge is 0.497 e. The molecule has 0 radical (unpaired) electrons. The fourth-order valence-corrected chi connectivity index (χ4v) is 3.00. The fourth-order valence-electron chi connectivity index (χ4n) is 3.00. The SMILES string of the molecule is CCOC(=O)C(O)(c1cc(OC)ccc1-c1ccc2ccccc2n1)C(F)(F)F. The number of carbonyl (C=O) groups excluding carboxylic acids is 1. The summed E-state index contributed by atoms with van der Waals surface area (Å²) in [7, 11) is 1.27. The number of aromatic nitrogens is 1. The lowest BCUT2D eigenvalue weighted by Crippen LogP contribution is -2.50. The molecule has 0 saturated heterocycles. The van der Waals surface area contributed by atoms with E-state index < -0.39 is 23.3 Å². The van der Waals surface area contributed by atoms with Crippen LogP contribution in [0.3, 0.4) is 0 Å². The van der Waals surface area contributed by atoms with Crippen LogP contribution in [-0.2, 0) is 15.1 Å². The summed E-state index contributed by atoms with van der Waals surface area (Å²) in [6, 6.07) is 14.0. The molecule has 1 atom stereocenters. The average Bonchev–Trinajstić information content (AvgIpc) is 2.71. The third-order valence-corrected chi connectivity index (χ3v) is 4.47. The number of aliphatic hydroxyl groups is 1. The van der Waals surface area contributed by atoms with Gasteiger partial charge in [-0.1, -0.05) is 24.3 Å². The van der Waals surface area contributed by atoms with Gasteiger partial charge in [0.2, 0.25) is 0 Å². The molecule has 152 valence electrons. The highest BCUT2D eigenvalue weighted by atomic mass is 19.4. The quantitative estimate of drug-likeness (QED) is 0.644. The molecule has 1 unspecified atom stereocenters. The predicted molar refractivity (Wildman–Crippen MR) is 100 cm³/mol. The zero-order valence-corrected chi connectivity index (χ0v) is 15.7. The number of benzene rings is 2. The standard InChI is InChI=1S/C21H18F3NO4/c1-3-29-19(26)20(27,21(22,23)24)16-12-14(28-2)9-10-15(16)18-11-8-13-6-4-5-7-17(13)25-18/h4-12,27H,3H2,1-2H3. The Morgan fingerprint density at radius 1 is 1.10 bits per heavy atom. The van der Waals surface area contributed by atoms with Gasteiger partial charge in [-0.3, -0.25) is 0 Å². The molecule has 0 aliphatic heterocycles. The Bertz CT molecular complexity index is 1050. The number of hydrogen-bond acceptors (Lipinski definition) is 5. The Balaban J connectivity index is 2.29. The van der Waals surface area contributed by atoms with Crippen LogP contribution in [0.4, 0.5) is 13.2 Å². The van der Waals surface area contributed by atoms with Crippen molar-refractivity contribution in [2.24, 2.45) is 0 Å². The van der Waals surface area contributed by atoms with E-state index in [1.54, 1.807) is 18.2 Å². The number of fused-ring (bicyclic) bond motifs is 1. The Morgan fingerprint density at radius 3 is 2.48 bits per heavy atom. The predicted octanol–water partition coefficient (Wildman–Crippen LogP) is 4.22. The number of hydrogen-bond donors (Lipinski definition) is 1. The van der Waals surface area contributed by atoms with E-state index in [0.29, 0.717) is 5.52 Å². The van der Waals surface area contributed by atoms with Crippen molar-refractivity contribution in [2.75, 3.05) is 13.7 Å². The summed E-state index contributed by atoms with van der Waals surface area (Å²) >= 11 is 0. The molecule has 29 heavy (non-hydrogen) atoms. The summed E-state index contributed by atoms with van der Waals surface area (Å²) in [6.45, 7) is 1.02. The number of ether oxygens (including phenoxy) is 2. The van der Waals surface area contributed by atoms with Gasteiger partial charge in [0.1, 0.15) is 5.75 Å². The Morgan fingerprint density at radius 2 is 1.83 bits per heavy atom. The Kier molecular flexibility index (Phi) is 5.48. The number of pyridine rings is 1. The van der Waals surface area contributed by atoms with Crippen molar-refractivity contribution in [3.05, 3.63) is 60.2 Å². The van der Waals surface area contributed by atoms with Gasteiger partial charge in [-0.15, -0.1) is 0 Å². The topological polar surface area (TPSA) is 68.7 Å². The van der Waals surface area contributed by atoms with E-state index in [0.717, 1.165) is 11.5 Å². The fraction of sp³-hybridized carbons (Fsp3) is 0.238. The van der Waals surface area contributed by atoms with Crippen LogP contribution in [0.25, 0.3) is 22.2 Å². The molecule has 0 bridgehead atoms. The third kappa shape index (κ3) is 3.63. The summed E-state index contributed by atoms with van der Waals surface area (Å²) in [6.07, 6.45) is -5.34. The number of alkyl halides is 3. The number of nitrogens with zero attached hydrogens (tertiary/aromatic N) is 1. The van der Waals surface area contributed by atoms with Crippen LogP contribution in [0, 0.1) is 0 Å². The Hall–Kier alpha value is -3.13. The van der Waals surface area contributed by atoms with Crippen LogP contribution in [0.15, 0.2) is 54.6 Å². The maximum absolute atomic E-state index is 13.9. The van der Waals surface area contributed by atoms with Gasteiger partial charge in [0.05, 0.1) is 24.9 Å². The minimum absolute atomic E-state index is 0.0384. The minimum Gasteiger partial charge on any atom is -0.497 e. The summed E-state index contributed by atoms with van der Waals surface area (Å²) in [5.74, 6) is -1.78. The normalized spacial score (nSPS) is 13.7. The van der Waals surface area contributed by atoms with E-state index in [4.69, 9.17) is 4.74 Å². The molecule has 8 heteroatoms. The van der Waals surface area contributed by atoms with Crippen molar-refractivity contribution in [3.8, 4) is 17.0 Å². The van der Waals surface area contributed by atoms with Gasteiger partial charge < -0.3 is 14.6 Å². The number of esters is 1. The monoisotopic (exact) mass is 405 g/mol. The molecule has 2 aromatic carbocycles. The highest BCUT2D eigenvalue weighted by Gasteiger charge is 2.63. The first-order valence-electron chi connectivity index (χ1n) is 8.73. The Labute approximate surface area is 164 Å². The molecule has 0 spiro atoms. The molecule has 1 aromatic heterocycles.